The number of aliphatic hydroxyl groups is 1. The summed E-state index contributed by atoms with van der Waals surface area (Å²) >= 11 is 0. The number of nitrogens with zero attached hydrogens (tertiary/aromatic N) is 3. The minimum atomic E-state index is -3.23. The van der Waals surface area contributed by atoms with E-state index in [1.54, 1.807) is 31.4 Å². The van der Waals surface area contributed by atoms with Crippen molar-refractivity contribution < 1.29 is 56.4 Å². The molecule has 7 aliphatic rings. The van der Waals surface area contributed by atoms with E-state index in [2.05, 4.69) is 58.1 Å². The van der Waals surface area contributed by atoms with Crippen molar-refractivity contribution in [3.8, 4) is 5.75 Å². The number of likely N-dealkylation sites (N-methyl/N-ethyl adjacent to an activating group) is 1. The van der Waals surface area contributed by atoms with Crippen LogP contribution in [0.4, 0.5) is 5.69 Å². The SMILES string of the molecule is CCC1=C[C@@H]2C[N@](C1)Cc1c([nH]c3ccccc13)[C@@](C(=O)OC)(c1cc3c(cc1OC)N(C)[C@H]1[C@@](O)(C(=O)OC)[C@H](OC(C)=O)[C@]4(CC)C=CCN5CC[C@]31[C@@H]54)C2.CS(=O)(=O)c1ccc(C2=C(c3ccccc3)C(=O)OC2)cc1. The highest BCUT2D eigenvalue weighted by Crippen LogP contribution is 2.68. The lowest BCUT2D eigenvalue weighted by molar-refractivity contribution is -0.228. The third-order valence-corrected chi connectivity index (χ3v) is 19.4. The normalized spacial score (nSPS) is 29.4. The number of aromatic amines is 1. The van der Waals surface area contributed by atoms with E-state index in [1.165, 1.54) is 33.0 Å². The number of sulfone groups is 1. The van der Waals surface area contributed by atoms with Gasteiger partial charge in [0.25, 0.3) is 0 Å². The summed E-state index contributed by atoms with van der Waals surface area (Å²) in [6.45, 7) is 9.39. The van der Waals surface area contributed by atoms with Crippen LogP contribution in [0.1, 0.15) is 80.0 Å². The molecule has 2 N–H and O–H groups in total. The number of anilines is 1. The molecule has 79 heavy (non-hydrogen) atoms. The van der Waals surface area contributed by atoms with Crippen LogP contribution in [0.3, 0.4) is 0 Å². The molecule has 1 spiro atoms. The quantitative estimate of drug-likeness (QED) is 0.0803. The number of carbonyl (C=O) groups excluding carboxylic acids is 4. The Labute approximate surface area is 460 Å². The average Bonchev–Trinajstić information content (AvgIpc) is 1.97. The Kier molecular flexibility index (Phi) is 13.6. The molecule has 5 aromatic rings. The number of carbonyl (C=O) groups is 4. The van der Waals surface area contributed by atoms with Crippen molar-refractivity contribution in [1.29, 1.82) is 0 Å². The number of hydrogen-bond donors (Lipinski definition) is 2. The Bertz CT molecular complexity index is 3520. The van der Waals surface area contributed by atoms with Gasteiger partial charge < -0.3 is 38.7 Å². The zero-order chi connectivity index (χ0) is 56.0. The topological polar surface area (TPSA) is 194 Å². The number of esters is 4. The van der Waals surface area contributed by atoms with Crippen LogP contribution >= 0.6 is 0 Å². The maximum atomic E-state index is 15.2. The Morgan fingerprint density at radius 3 is 2.28 bits per heavy atom. The number of methoxy groups -OCH3 is 3. The van der Waals surface area contributed by atoms with Crippen LogP contribution < -0.4 is 9.64 Å². The maximum absolute atomic E-state index is 15.2. The molecular weight excluding hydrogens is 1020 g/mol. The number of hydrogen-bond acceptors (Lipinski definition) is 15. The van der Waals surface area contributed by atoms with Crippen molar-refractivity contribution in [2.24, 2.45) is 11.3 Å². The van der Waals surface area contributed by atoms with Crippen molar-refractivity contribution in [3.63, 3.8) is 0 Å². The molecule has 414 valence electrons. The summed E-state index contributed by atoms with van der Waals surface area (Å²) in [7, 11) is 2.99. The third-order valence-electron chi connectivity index (χ3n) is 18.3. The number of rotatable bonds is 10. The first-order chi connectivity index (χ1) is 37.9. The van der Waals surface area contributed by atoms with Crippen LogP contribution in [0.2, 0.25) is 0 Å². The Hall–Kier alpha value is -7.05. The average molecular weight is 1090 g/mol. The zero-order valence-corrected chi connectivity index (χ0v) is 46.8. The van der Waals surface area contributed by atoms with Gasteiger partial charge in [-0.2, -0.15) is 0 Å². The van der Waals surface area contributed by atoms with Crippen LogP contribution in [0.5, 0.6) is 5.75 Å². The first-order valence-corrected chi connectivity index (χ1v) is 29.0. The van der Waals surface area contributed by atoms with E-state index < -0.39 is 55.8 Å². The largest absolute Gasteiger partial charge is 0.496 e. The molecule has 1 saturated carbocycles. The van der Waals surface area contributed by atoms with Gasteiger partial charge in [-0.25, -0.2) is 18.0 Å². The fourth-order valence-corrected chi connectivity index (χ4v) is 15.9. The van der Waals surface area contributed by atoms with Crippen molar-refractivity contribution in [3.05, 3.63) is 148 Å². The van der Waals surface area contributed by atoms with Gasteiger partial charge in [-0.05, 0) is 84.7 Å². The molecule has 0 unspecified atom stereocenters. The van der Waals surface area contributed by atoms with Gasteiger partial charge in [0.05, 0.1) is 37.8 Å². The fourth-order valence-electron chi connectivity index (χ4n) is 15.3. The Balaban J connectivity index is 0.000000250. The molecule has 1 aromatic heterocycles. The van der Waals surface area contributed by atoms with E-state index in [9.17, 15) is 27.9 Å². The van der Waals surface area contributed by atoms with Crippen molar-refractivity contribution in [1.82, 2.24) is 14.8 Å². The molecule has 1 aliphatic carbocycles. The van der Waals surface area contributed by atoms with Crippen LogP contribution in [0.25, 0.3) is 22.0 Å². The van der Waals surface area contributed by atoms with E-state index in [-0.39, 0.29) is 35.4 Å². The summed E-state index contributed by atoms with van der Waals surface area (Å²) in [6.07, 6.45) is 8.84. The Morgan fingerprint density at radius 2 is 1.61 bits per heavy atom. The van der Waals surface area contributed by atoms with Gasteiger partial charge in [0.2, 0.25) is 5.60 Å². The predicted octanol–water partition coefficient (Wildman–Crippen LogP) is 7.31. The van der Waals surface area contributed by atoms with Crippen LogP contribution in [0.15, 0.2) is 120 Å². The van der Waals surface area contributed by atoms with Crippen molar-refractivity contribution in [2.75, 3.05) is 72.3 Å². The molecule has 12 rings (SSSR count). The first-order valence-electron chi connectivity index (χ1n) is 27.1. The summed E-state index contributed by atoms with van der Waals surface area (Å²) in [5.74, 6) is -1.66. The third kappa shape index (κ3) is 8.11. The minimum Gasteiger partial charge on any atom is -0.496 e. The van der Waals surface area contributed by atoms with E-state index >= 15 is 4.79 Å². The number of ether oxygens (including phenoxy) is 5. The predicted molar refractivity (Wildman–Crippen MR) is 298 cm³/mol. The van der Waals surface area contributed by atoms with Gasteiger partial charge in [-0.3, -0.25) is 19.4 Å². The van der Waals surface area contributed by atoms with Gasteiger partial charge in [-0.1, -0.05) is 98.3 Å². The Morgan fingerprint density at radius 1 is 0.886 bits per heavy atom. The summed E-state index contributed by atoms with van der Waals surface area (Å²) in [6, 6.07) is 27.0. The second kappa shape index (κ2) is 19.9. The fraction of sp³-hybridized carbons (Fsp3) is 0.419. The monoisotopic (exact) mass is 1090 g/mol. The van der Waals surface area contributed by atoms with Crippen LogP contribution in [-0.2, 0) is 65.3 Å². The molecule has 0 radical (unpaired) electrons. The molecule has 2 bridgehead atoms. The molecule has 7 heterocycles. The molecule has 6 aliphatic heterocycles. The number of benzene rings is 4. The lowest BCUT2D eigenvalue weighted by Crippen LogP contribution is -2.81. The molecule has 16 nitrogen and oxygen atoms in total. The summed E-state index contributed by atoms with van der Waals surface area (Å²) in [5.41, 5.74) is 3.94. The van der Waals surface area contributed by atoms with Gasteiger partial charge in [0.1, 0.15) is 17.8 Å². The number of H-pyrrole nitrogens is 1. The van der Waals surface area contributed by atoms with Crippen LogP contribution in [0, 0.1) is 11.3 Å². The zero-order valence-electron chi connectivity index (χ0n) is 46.0. The maximum Gasteiger partial charge on any atom is 0.344 e. The molecular formula is C62H68N4O12S. The second-order valence-electron chi connectivity index (χ2n) is 22.3. The number of cyclic esters (lactones) is 1. The lowest BCUT2D eigenvalue weighted by atomic mass is 9.47. The molecule has 9 atom stereocenters. The highest BCUT2D eigenvalue weighted by molar-refractivity contribution is 7.90. The second-order valence-corrected chi connectivity index (χ2v) is 24.3. The summed E-state index contributed by atoms with van der Waals surface area (Å²) in [4.78, 5) is 65.4. The van der Waals surface area contributed by atoms with E-state index in [1.807, 2.05) is 67.4 Å². The van der Waals surface area contributed by atoms with Gasteiger partial charge in [0.15, 0.2) is 15.9 Å². The highest BCUT2D eigenvalue weighted by atomic mass is 32.2. The number of fused-ring (bicyclic) bond motifs is 6. The van der Waals surface area contributed by atoms with E-state index in [0.717, 1.165) is 69.6 Å². The standard InChI is InChI=1S/C45H54N4O8.C17H14O4S/c1-8-27-19-28-22-44(40(51)55-6,36-30(25-48(23-27)24-28)29-13-10-11-14-33(29)46-36)32-20-31-34(21-35(32)54-5)47(4)38-43(31)16-18-49-17-12-15-42(9-2,37(43)49)39(57-26(3)50)45(38,53)41(52)56-7;1-22(19,20)14-9-7-12(8-10-14)15-11-21-17(18)16(15)13-5-3-2-4-6-13/h10-15,19-21,28,37-39,46,53H,8-9,16-18,22-25H2,1-7H3;2-10H,11H2,1H3/t28-,37-,38+,39+,42+,43+,44-,45-;/m0./s1. The number of aromatic nitrogens is 1. The lowest BCUT2D eigenvalue weighted by Gasteiger charge is -2.63. The molecule has 17 heteroatoms. The molecule has 1 saturated heterocycles. The van der Waals surface area contributed by atoms with Gasteiger partial charge >= 0.3 is 23.9 Å². The number of para-hydroxylation sites is 1. The highest BCUT2D eigenvalue weighted by Gasteiger charge is 2.80. The van der Waals surface area contributed by atoms with Gasteiger partial charge in [0, 0.05) is 103 Å². The van der Waals surface area contributed by atoms with Crippen molar-refractivity contribution >= 4 is 61.5 Å². The molecule has 2 fully saturated rings. The summed E-state index contributed by atoms with van der Waals surface area (Å²) < 4.78 is 52.1. The van der Waals surface area contributed by atoms with Crippen LogP contribution in [-0.4, -0.2) is 143 Å². The van der Waals surface area contributed by atoms with E-state index in [0.29, 0.717) is 55.8 Å². The smallest absolute Gasteiger partial charge is 0.344 e. The van der Waals surface area contributed by atoms with Crippen molar-refractivity contribution in [2.45, 2.75) is 92.5 Å². The summed E-state index contributed by atoms with van der Waals surface area (Å²) in [5, 5.41) is 14.4. The van der Waals surface area contributed by atoms with Gasteiger partial charge in [-0.15, -0.1) is 0 Å². The molecule has 4 aromatic carbocycles. The minimum absolute atomic E-state index is 0.0284. The number of nitrogens with one attached hydrogen (secondary N) is 1. The molecule has 0 amide bonds. The first kappa shape index (κ1) is 53.9. The van der Waals surface area contributed by atoms with E-state index in [4.69, 9.17) is 23.7 Å².